The lowest BCUT2D eigenvalue weighted by molar-refractivity contribution is -0.0400. The summed E-state index contributed by atoms with van der Waals surface area (Å²) in [4.78, 5) is 0. The van der Waals surface area contributed by atoms with Gasteiger partial charge in [-0.1, -0.05) is 19.9 Å². The van der Waals surface area contributed by atoms with Crippen LogP contribution in [0.3, 0.4) is 0 Å². The summed E-state index contributed by atoms with van der Waals surface area (Å²) in [7, 11) is 0. The zero-order chi connectivity index (χ0) is 11.1. The van der Waals surface area contributed by atoms with E-state index in [0.717, 1.165) is 12.2 Å². The standard InChI is InChI=1S/C12H16INO/c1-12(2)10(14)7-11(12)15-9-5-3-4-8(13)6-9/h3-6,10-11H,7,14H2,1-2H3. The Balaban J connectivity index is 2.05. The van der Waals surface area contributed by atoms with Crippen molar-refractivity contribution in [1.29, 1.82) is 0 Å². The molecule has 1 fully saturated rings. The molecule has 82 valence electrons. The minimum atomic E-state index is 0.0985. The van der Waals surface area contributed by atoms with E-state index in [-0.39, 0.29) is 17.6 Å². The van der Waals surface area contributed by atoms with Crippen molar-refractivity contribution < 1.29 is 4.74 Å². The first-order chi connectivity index (χ1) is 7.00. The fourth-order valence-electron chi connectivity index (χ4n) is 1.82. The molecule has 1 saturated carbocycles. The van der Waals surface area contributed by atoms with Gasteiger partial charge in [-0.15, -0.1) is 0 Å². The van der Waals surface area contributed by atoms with Gasteiger partial charge in [0.2, 0.25) is 0 Å². The molecule has 0 bridgehead atoms. The van der Waals surface area contributed by atoms with Crippen molar-refractivity contribution in [1.82, 2.24) is 0 Å². The zero-order valence-electron chi connectivity index (χ0n) is 9.03. The molecule has 0 spiro atoms. The number of hydrogen-bond donors (Lipinski definition) is 1. The van der Waals surface area contributed by atoms with Crippen LogP contribution in [-0.4, -0.2) is 12.1 Å². The van der Waals surface area contributed by atoms with Gasteiger partial charge in [-0.2, -0.15) is 0 Å². The quantitative estimate of drug-likeness (QED) is 0.852. The Bertz CT molecular complexity index is 364. The van der Waals surface area contributed by atoms with Crippen LogP contribution in [-0.2, 0) is 0 Å². The van der Waals surface area contributed by atoms with Crippen molar-refractivity contribution in [3.8, 4) is 5.75 Å². The number of ether oxygens (including phenoxy) is 1. The van der Waals surface area contributed by atoms with Crippen LogP contribution in [0, 0.1) is 8.99 Å². The van der Waals surface area contributed by atoms with E-state index in [9.17, 15) is 0 Å². The highest BCUT2D eigenvalue weighted by molar-refractivity contribution is 14.1. The van der Waals surface area contributed by atoms with Gasteiger partial charge in [-0.05, 0) is 40.8 Å². The van der Waals surface area contributed by atoms with Gasteiger partial charge in [0.1, 0.15) is 11.9 Å². The van der Waals surface area contributed by atoms with E-state index in [1.165, 1.54) is 3.57 Å². The molecule has 2 atom stereocenters. The molecule has 2 nitrogen and oxygen atoms in total. The van der Waals surface area contributed by atoms with Gasteiger partial charge in [0.15, 0.2) is 0 Å². The molecule has 2 N–H and O–H groups in total. The van der Waals surface area contributed by atoms with Gasteiger partial charge in [0.05, 0.1) is 0 Å². The van der Waals surface area contributed by atoms with E-state index >= 15 is 0 Å². The minimum absolute atomic E-state index is 0.0985. The lowest BCUT2D eigenvalue weighted by Gasteiger charge is -2.49. The maximum atomic E-state index is 5.95. The molecular formula is C12H16INO. The molecule has 1 aromatic rings. The van der Waals surface area contributed by atoms with Crippen LogP contribution in [0.2, 0.25) is 0 Å². The molecule has 0 saturated heterocycles. The second-order valence-electron chi connectivity index (χ2n) is 4.73. The van der Waals surface area contributed by atoms with Crippen LogP contribution in [0.5, 0.6) is 5.75 Å². The molecular weight excluding hydrogens is 301 g/mol. The molecule has 2 rings (SSSR count). The maximum Gasteiger partial charge on any atom is 0.120 e. The minimum Gasteiger partial charge on any atom is -0.490 e. The molecule has 0 radical (unpaired) electrons. The molecule has 0 aromatic heterocycles. The first-order valence-corrected chi connectivity index (χ1v) is 6.26. The van der Waals surface area contributed by atoms with Crippen LogP contribution in [0.4, 0.5) is 0 Å². The Morgan fingerprint density at radius 1 is 1.47 bits per heavy atom. The summed E-state index contributed by atoms with van der Waals surface area (Å²) >= 11 is 2.29. The Morgan fingerprint density at radius 3 is 2.73 bits per heavy atom. The lowest BCUT2D eigenvalue weighted by Crippen LogP contribution is -2.60. The topological polar surface area (TPSA) is 35.2 Å². The van der Waals surface area contributed by atoms with Crippen molar-refractivity contribution in [2.75, 3.05) is 0 Å². The van der Waals surface area contributed by atoms with Crippen molar-refractivity contribution in [2.24, 2.45) is 11.1 Å². The summed E-state index contributed by atoms with van der Waals surface area (Å²) in [6.07, 6.45) is 1.21. The highest BCUT2D eigenvalue weighted by atomic mass is 127. The van der Waals surface area contributed by atoms with Crippen molar-refractivity contribution >= 4 is 22.6 Å². The van der Waals surface area contributed by atoms with Gasteiger partial charge in [-0.3, -0.25) is 0 Å². The fourth-order valence-corrected chi connectivity index (χ4v) is 2.34. The number of rotatable bonds is 2. The smallest absolute Gasteiger partial charge is 0.120 e. The fraction of sp³-hybridized carbons (Fsp3) is 0.500. The van der Waals surface area contributed by atoms with Crippen molar-refractivity contribution in [3.63, 3.8) is 0 Å². The van der Waals surface area contributed by atoms with E-state index in [2.05, 4.69) is 48.6 Å². The Labute approximate surface area is 104 Å². The molecule has 15 heavy (non-hydrogen) atoms. The SMILES string of the molecule is CC1(C)C(N)CC1Oc1cccc(I)c1. The molecule has 0 heterocycles. The van der Waals surface area contributed by atoms with Crippen LogP contribution < -0.4 is 10.5 Å². The molecule has 1 aliphatic carbocycles. The number of halogens is 1. The van der Waals surface area contributed by atoms with E-state index in [1.54, 1.807) is 0 Å². The molecule has 1 aromatic carbocycles. The second kappa shape index (κ2) is 3.94. The summed E-state index contributed by atoms with van der Waals surface area (Å²) in [6, 6.07) is 8.40. The number of hydrogen-bond acceptors (Lipinski definition) is 2. The Morgan fingerprint density at radius 2 is 2.20 bits per heavy atom. The number of nitrogens with two attached hydrogens (primary N) is 1. The van der Waals surface area contributed by atoms with Gasteiger partial charge in [-0.25, -0.2) is 0 Å². The molecule has 0 amide bonds. The maximum absolute atomic E-state index is 5.95. The summed E-state index contributed by atoms with van der Waals surface area (Å²) < 4.78 is 7.13. The van der Waals surface area contributed by atoms with E-state index < -0.39 is 0 Å². The van der Waals surface area contributed by atoms with Crippen molar-refractivity contribution in [2.45, 2.75) is 32.4 Å². The summed E-state index contributed by atoms with van der Waals surface area (Å²) in [5.74, 6) is 0.951. The van der Waals surface area contributed by atoms with Crippen LogP contribution in [0.1, 0.15) is 20.3 Å². The Kier molecular flexibility index (Phi) is 2.94. The zero-order valence-corrected chi connectivity index (χ0v) is 11.2. The third kappa shape index (κ3) is 2.13. The van der Waals surface area contributed by atoms with Gasteiger partial charge in [0, 0.05) is 21.4 Å². The highest BCUT2D eigenvalue weighted by Gasteiger charge is 2.47. The Hall–Kier alpha value is -0.290. The highest BCUT2D eigenvalue weighted by Crippen LogP contribution is 2.41. The largest absolute Gasteiger partial charge is 0.490 e. The third-order valence-electron chi connectivity index (χ3n) is 3.33. The molecule has 3 heteroatoms. The van der Waals surface area contributed by atoms with Gasteiger partial charge >= 0.3 is 0 Å². The molecule has 0 aliphatic heterocycles. The van der Waals surface area contributed by atoms with Crippen molar-refractivity contribution in [3.05, 3.63) is 27.8 Å². The summed E-state index contributed by atoms with van der Waals surface area (Å²) in [6.45, 7) is 4.33. The van der Waals surface area contributed by atoms with Crippen LogP contribution in [0.25, 0.3) is 0 Å². The molecule has 2 unspecified atom stereocenters. The van der Waals surface area contributed by atoms with E-state index in [1.807, 2.05) is 12.1 Å². The summed E-state index contributed by atoms with van der Waals surface area (Å²) in [5.41, 5.74) is 6.05. The normalized spacial score (nSPS) is 28.3. The average molecular weight is 317 g/mol. The van der Waals surface area contributed by atoms with Gasteiger partial charge in [0.25, 0.3) is 0 Å². The second-order valence-corrected chi connectivity index (χ2v) is 5.97. The first kappa shape index (κ1) is 11.2. The lowest BCUT2D eigenvalue weighted by atomic mass is 9.65. The van der Waals surface area contributed by atoms with Crippen LogP contribution >= 0.6 is 22.6 Å². The monoisotopic (exact) mass is 317 g/mol. The predicted octanol–water partition coefficient (Wildman–Crippen LogP) is 2.80. The van der Waals surface area contributed by atoms with E-state index in [0.29, 0.717) is 0 Å². The third-order valence-corrected chi connectivity index (χ3v) is 4.00. The summed E-state index contributed by atoms with van der Waals surface area (Å²) in [5, 5.41) is 0. The number of benzene rings is 1. The van der Waals surface area contributed by atoms with Gasteiger partial charge < -0.3 is 10.5 Å². The van der Waals surface area contributed by atoms with E-state index in [4.69, 9.17) is 10.5 Å². The molecule has 1 aliphatic rings. The first-order valence-electron chi connectivity index (χ1n) is 5.18. The average Bonchev–Trinajstić information content (AvgIpc) is 2.17. The predicted molar refractivity (Wildman–Crippen MR) is 69.9 cm³/mol. The van der Waals surface area contributed by atoms with Crippen LogP contribution in [0.15, 0.2) is 24.3 Å².